The standard InChI is InChI=1S/2C22H40O5.2C8H17.Sn/c2*23-19-15-13-11-9-7-5-3-1-2-4-6-8-10-12-14-16-20-27-22(26)18-17-21(24)25;2*1-3-5-7-8-6-4-2;/h2*17-18,23H,1-16,19-20H2,(H,24,25);2*1,3-8H2,2H3;/q;;;;+2/p-2/b2*18-17-;;;. The maximum absolute atomic E-state index is 11.1. The molecule has 0 radical (unpaired) electrons. The fraction of sp³-hybridized carbons (Fsp3) is 0.867. The number of carboxylic acids is 2. The fourth-order valence-electron chi connectivity index (χ4n) is 8.28. The number of hydrogen-bond acceptors (Lipinski definition) is 10. The Labute approximate surface area is 447 Å². The van der Waals surface area contributed by atoms with Crippen molar-refractivity contribution in [3.05, 3.63) is 24.3 Å². The monoisotopic (exact) mass is 1110 g/mol. The molecule has 2 N–H and O–H groups in total. The van der Waals surface area contributed by atoms with Crippen LogP contribution in [-0.2, 0) is 28.7 Å². The van der Waals surface area contributed by atoms with Crippen LogP contribution in [0.25, 0.3) is 0 Å². The van der Waals surface area contributed by atoms with Gasteiger partial charge in [-0.15, -0.1) is 0 Å². The number of unbranched alkanes of at least 4 members (excludes halogenated alkanes) is 40. The molecule has 0 atom stereocenters. The molecule has 0 heterocycles. The Bertz CT molecular complexity index is 1060. The molecule has 0 aromatic heterocycles. The zero-order chi connectivity index (χ0) is 52.6. The van der Waals surface area contributed by atoms with E-state index >= 15 is 0 Å². The summed E-state index contributed by atoms with van der Waals surface area (Å²) in [5.74, 6) is -4.03. The number of hydrogen-bond donors (Lipinski definition) is 2. The van der Waals surface area contributed by atoms with E-state index in [0.29, 0.717) is 38.6 Å². The molecule has 0 aromatic rings. The average Bonchev–Trinajstić information content (AvgIpc) is 3.36. The number of carbonyl (C=O) groups is 4. The Balaban J connectivity index is -0.00000101. The topological polar surface area (TPSA) is 173 Å². The van der Waals surface area contributed by atoms with Gasteiger partial charge in [0.25, 0.3) is 0 Å². The van der Waals surface area contributed by atoms with E-state index in [1.54, 1.807) is 21.7 Å². The van der Waals surface area contributed by atoms with Crippen molar-refractivity contribution in [2.24, 2.45) is 0 Å². The number of esters is 2. The molecule has 0 rings (SSSR count). The molecule has 0 saturated carbocycles. The molecular weight excluding hydrogens is 999 g/mol. The summed E-state index contributed by atoms with van der Waals surface area (Å²) in [6.07, 6.45) is 60.2. The number of carbonyl (C=O) groups excluding carboxylic acids is 4. The van der Waals surface area contributed by atoms with Crippen molar-refractivity contribution in [2.45, 2.75) is 305 Å². The van der Waals surface area contributed by atoms with Crippen LogP contribution in [0.3, 0.4) is 0 Å². The molecule has 0 aliphatic rings. The van der Waals surface area contributed by atoms with E-state index in [1.807, 2.05) is 0 Å². The van der Waals surface area contributed by atoms with E-state index in [1.165, 1.54) is 218 Å². The van der Waals surface area contributed by atoms with Gasteiger partial charge in [0.1, 0.15) is 0 Å². The summed E-state index contributed by atoms with van der Waals surface area (Å²) < 4.78 is 13.1. The van der Waals surface area contributed by atoms with Crippen LogP contribution in [0.2, 0.25) is 8.87 Å². The van der Waals surface area contributed by atoms with Crippen LogP contribution in [0.1, 0.15) is 296 Å². The Hall–Kier alpha value is -1.92. The Morgan fingerprint density at radius 1 is 0.324 bits per heavy atom. The van der Waals surface area contributed by atoms with Crippen molar-refractivity contribution in [3.8, 4) is 0 Å². The largest absolute Gasteiger partial charge is 0.545 e. The number of carboxylic acid groups (broad SMARTS) is 2. The summed E-state index contributed by atoms with van der Waals surface area (Å²) in [4.78, 5) is 42.5. The smallest absolute Gasteiger partial charge is 0.330 e. The molecule has 0 bridgehead atoms. The van der Waals surface area contributed by atoms with E-state index < -0.39 is 23.9 Å². The molecule has 10 nitrogen and oxygen atoms in total. The first kappa shape index (κ1) is 73.3. The van der Waals surface area contributed by atoms with Gasteiger partial charge in [-0.2, -0.15) is 0 Å². The number of aliphatic carboxylic acids is 2. The molecule has 0 aliphatic carbocycles. The third kappa shape index (κ3) is 77.1. The molecule has 416 valence electrons. The second-order valence-corrected chi connectivity index (χ2v) is 24.0. The minimum absolute atomic E-state index is 0.0736. The maximum atomic E-state index is 11.1. The van der Waals surface area contributed by atoms with E-state index in [4.69, 9.17) is 19.7 Å². The molecule has 71 heavy (non-hydrogen) atoms. The van der Waals surface area contributed by atoms with Crippen LogP contribution >= 0.6 is 0 Å². The number of rotatable bonds is 54. The van der Waals surface area contributed by atoms with Crippen LogP contribution in [0.4, 0.5) is 0 Å². The predicted molar refractivity (Wildman–Crippen MR) is 294 cm³/mol. The van der Waals surface area contributed by atoms with Gasteiger partial charge < -0.3 is 39.5 Å². The normalized spacial score (nSPS) is 11.0. The van der Waals surface area contributed by atoms with Gasteiger partial charge in [-0.3, -0.25) is 0 Å². The first-order chi connectivity index (χ1) is 34.7. The van der Waals surface area contributed by atoms with Crippen LogP contribution in [0, 0.1) is 0 Å². The first-order valence-electron chi connectivity index (χ1n) is 29.8. The third-order valence-electron chi connectivity index (χ3n) is 12.7. The summed E-state index contributed by atoms with van der Waals surface area (Å²) in [5, 5.41) is 37.7. The summed E-state index contributed by atoms with van der Waals surface area (Å²) in [6.45, 7) is 5.96. The van der Waals surface area contributed by atoms with Gasteiger partial charge in [-0.05, 0) is 37.8 Å². The van der Waals surface area contributed by atoms with Crippen molar-refractivity contribution in [3.63, 3.8) is 0 Å². The van der Waals surface area contributed by atoms with Crippen LogP contribution in [0.5, 0.6) is 0 Å². The second-order valence-electron chi connectivity index (χ2n) is 19.7. The van der Waals surface area contributed by atoms with Crippen molar-refractivity contribution in [2.75, 3.05) is 26.4 Å². The van der Waals surface area contributed by atoms with Gasteiger partial charge >= 0.3 is 133 Å². The van der Waals surface area contributed by atoms with Crippen molar-refractivity contribution in [1.29, 1.82) is 0 Å². The first-order valence-corrected chi connectivity index (χ1v) is 33.8. The molecular formula is C60H112O10Sn. The summed E-state index contributed by atoms with van der Waals surface area (Å²) in [5.41, 5.74) is 0. The SMILES string of the molecule is CCCCCCC[CH2][Sn+2][CH2]CCCCCCC.O=C([O-])/C=C\C(=O)OCCCCCCCCCCCCCCCCCCO.O=C([O-])/C=C\C(=O)OCCCCCCCCCCCCCCCCCCO. The summed E-state index contributed by atoms with van der Waals surface area (Å²) in [7, 11) is 0. The van der Waals surface area contributed by atoms with E-state index in [2.05, 4.69) is 13.8 Å². The van der Waals surface area contributed by atoms with Gasteiger partial charge in [-0.25, -0.2) is 9.59 Å². The molecule has 0 unspecified atom stereocenters. The molecule has 0 aliphatic heterocycles. The molecule has 0 aromatic carbocycles. The van der Waals surface area contributed by atoms with Crippen LogP contribution < -0.4 is 10.2 Å². The Morgan fingerprint density at radius 2 is 0.535 bits per heavy atom. The Morgan fingerprint density at radius 3 is 0.761 bits per heavy atom. The van der Waals surface area contributed by atoms with E-state index in [9.17, 15) is 29.4 Å². The molecule has 0 amide bonds. The van der Waals surface area contributed by atoms with Crippen LogP contribution in [-0.4, -0.2) is 81.7 Å². The van der Waals surface area contributed by atoms with Gasteiger partial charge in [0.2, 0.25) is 0 Å². The number of aliphatic hydroxyl groups is 2. The number of aliphatic hydroxyl groups excluding tert-OH is 2. The quantitative estimate of drug-likeness (QED) is 0.0258. The molecule has 0 spiro atoms. The summed E-state index contributed by atoms with van der Waals surface area (Å²) in [6, 6.07) is 0. The van der Waals surface area contributed by atoms with E-state index in [0.717, 1.165) is 63.5 Å². The fourth-order valence-corrected chi connectivity index (χ4v) is 11.8. The van der Waals surface area contributed by atoms with Crippen LogP contribution in [0.15, 0.2) is 24.3 Å². The zero-order valence-corrected chi connectivity index (χ0v) is 49.2. The molecule has 11 heteroatoms. The van der Waals surface area contributed by atoms with Crippen molar-refractivity contribution < 1.29 is 49.1 Å². The van der Waals surface area contributed by atoms with Gasteiger partial charge in [0.15, 0.2) is 0 Å². The van der Waals surface area contributed by atoms with Crippen molar-refractivity contribution >= 4 is 45.0 Å². The van der Waals surface area contributed by atoms with Gasteiger partial charge in [0, 0.05) is 25.4 Å². The number of ether oxygens (including phenoxy) is 2. The van der Waals surface area contributed by atoms with Crippen molar-refractivity contribution in [1.82, 2.24) is 0 Å². The third-order valence-corrected chi connectivity index (χ3v) is 16.8. The van der Waals surface area contributed by atoms with Gasteiger partial charge in [-0.1, -0.05) is 180 Å². The van der Waals surface area contributed by atoms with E-state index in [-0.39, 0.29) is 21.1 Å². The molecule has 0 saturated heterocycles. The zero-order valence-electron chi connectivity index (χ0n) is 46.3. The average molecular weight is 1110 g/mol. The second kappa shape index (κ2) is 68.1. The minimum Gasteiger partial charge on any atom is -0.545 e. The summed E-state index contributed by atoms with van der Waals surface area (Å²) >= 11 is 0.0736. The Kier molecular flexibility index (Phi) is 70.3. The molecule has 0 fully saturated rings. The van der Waals surface area contributed by atoms with Gasteiger partial charge in [0.05, 0.1) is 25.2 Å². The minimum atomic E-state index is -1.39. The predicted octanol–water partition coefficient (Wildman–Crippen LogP) is 14.4. The maximum Gasteiger partial charge on any atom is 0.330 e.